The number of rotatable bonds is 4. The molecule has 3 aromatic heterocycles. The topological polar surface area (TPSA) is 91.5 Å². The molecule has 0 saturated heterocycles. The Labute approximate surface area is 262 Å². The second-order valence-corrected chi connectivity index (χ2v) is 12.9. The first-order valence-corrected chi connectivity index (χ1v) is 15.7. The number of nitrogens with one attached hydrogen (secondary N) is 2. The van der Waals surface area contributed by atoms with E-state index in [2.05, 4.69) is 22.1 Å². The number of aromatic nitrogens is 4. The molecule has 8 heteroatoms. The summed E-state index contributed by atoms with van der Waals surface area (Å²) in [4.78, 5) is 42.2. The maximum absolute atomic E-state index is 11.6. The number of nitrogens with zero attached hydrogens (tertiary/aromatic N) is 2. The van der Waals surface area contributed by atoms with Crippen molar-refractivity contribution in [3.8, 4) is 22.3 Å². The lowest BCUT2D eigenvalue weighted by Gasteiger charge is -2.05. The van der Waals surface area contributed by atoms with E-state index in [0.29, 0.717) is 0 Å². The van der Waals surface area contributed by atoms with E-state index in [9.17, 15) is 9.59 Å². The molecular weight excluding hydrogens is 585 g/mol. The Morgan fingerprint density at radius 1 is 0.545 bits per heavy atom. The molecule has 0 saturated carbocycles. The van der Waals surface area contributed by atoms with Gasteiger partial charge in [-0.15, -0.1) is 0 Å². The molecule has 5 aromatic rings. The number of hydrogen-bond donors (Lipinski definition) is 2. The van der Waals surface area contributed by atoms with Gasteiger partial charge in [-0.05, 0) is 96.1 Å². The number of fused-ring (bicyclic) bond motifs is 8. The summed E-state index contributed by atoms with van der Waals surface area (Å²) in [5.41, 5.74) is 11.0. The van der Waals surface area contributed by atoms with E-state index >= 15 is 0 Å². The molecule has 2 aromatic carbocycles. The van der Waals surface area contributed by atoms with E-state index < -0.39 is 0 Å². The minimum Gasteiger partial charge on any atom is -0.355 e. The maximum Gasteiger partial charge on any atom is 0.190 e. The minimum absolute atomic E-state index is 0.0562. The normalized spacial score (nSPS) is 12.0. The first-order chi connectivity index (χ1) is 21.4. The third-order valence-electron chi connectivity index (χ3n) is 7.21. The van der Waals surface area contributed by atoms with Crippen molar-refractivity contribution in [1.29, 1.82) is 0 Å². The van der Waals surface area contributed by atoms with Crippen molar-refractivity contribution in [3.63, 3.8) is 0 Å². The third kappa shape index (κ3) is 5.82. The summed E-state index contributed by atoms with van der Waals surface area (Å²) >= 11 is 2.45. The molecule has 0 unspecified atom stereocenters. The molecule has 44 heavy (non-hydrogen) atoms. The molecule has 2 aliphatic heterocycles. The second kappa shape index (κ2) is 11.6. The van der Waals surface area contributed by atoms with Crippen molar-refractivity contribution >= 4 is 80.1 Å². The van der Waals surface area contributed by atoms with E-state index in [-0.39, 0.29) is 10.2 Å². The van der Waals surface area contributed by atoms with Crippen LogP contribution in [0.1, 0.15) is 36.6 Å². The van der Waals surface area contributed by atoms with Crippen molar-refractivity contribution in [3.05, 3.63) is 108 Å². The lowest BCUT2D eigenvalue weighted by Crippen LogP contribution is -1.87. The number of carbonyl (C=O) groups excluding carboxylic acids is 2. The van der Waals surface area contributed by atoms with Gasteiger partial charge in [-0.3, -0.25) is 9.59 Å². The standard InChI is InChI=1S/C36H26N4O2S2/c1-21(41)43-29-11-3-23(4-12-29)35-31-15-7-25(37-31)19-27-9-17-33(39-27)36(24-5-13-30(14-6-24)44-22(2)42)34-18-10-28(40-34)20-26-8-16-32(35)38-26/h3-20,37,40H,1-2H3. The summed E-state index contributed by atoms with van der Waals surface area (Å²) < 4.78 is 0. The molecule has 5 heterocycles. The fraction of sp³-hybridized carbons (Fsp3) is 0.0556. The van der Waals surface area contributed by atoms with Crippen LogP contribution in [0.25, 0.3) is 68.6 Å². The molecule has 0 spiro atoms. The summed E-state index contributed by atoms with van der Waals surface area (Å²) in [5.74, 6) is 0. The van der Waals surface area contributed by atoms with Crippen LogP contribution in [0.2, 0.25) is 0 Å². The predicted molar refractivity (Wildman–Crippen MR) is 183 cm³/mol. The van der Waals surface area contributed by atoms with Gasteiger partial charge in [0.1, 0.15) is 0 Å². The first-order valence-electron chi connectivity index (χ1n) is 14.1. The molecular formula is C36H26N4O2S2. The van der Waals surface area contributed by atoms with Gasteiger partial charge in [0.15, 0.2) is 10.2 Å². The molecule has 8 bridgehead atoms. The highest BCUT2D eigenvalue weighted by molar-refractivity contribution is 8.13. The Balaban J connectivity index is 1.44. The van der Waals surface area contributed by atoms with Crippen molar-refractivity contribution in [2.75, 3.05) is 0 Å². The molecule has 6 nitrogen and oxygen atoms in total. The van der Waals surface area contributed by atoms with Gasteiger partial charge in [-0.2, -0.15) is 0 Å². The number of hydrogen-bond acceptors (Lipinski definition) is 6. The Bertz CT molecular complexity index is 2020. The summed E-state index contributed by atoms with van der Waals surface area (Å²) in [6, 6.07) is 28.3. The van der Waals surface area contributed by atoms with E-state index in [1.54, 1.807) is 13.8 Å². The molecule has 0 amide bonds. The van der Waals surface area contributed by atoms with Crippen LogP contribution < -0.4 is 0 Å². The van der Waals surface area contributed by atoms with E-state index in [4.69, 9.17) is 9.97 Å². The Hall–Kier alpha value is -4.92. The average molecular weight is 611 g/mol. The van der Waals surface area contributed by atoms with Gasteiger partial charge in [-0.25, -0.2) is 9.97 Å². The Kier molecular flexibility index (Phi) is 7.37. The zero-order valence-electron chi connectivity index (χ0n) is 23.9. The van der Waals surface area contributed by atoms with E-state index in [1.807, 2.05) is 97.1 Å². The van der Waals surface area contributed by atoms with Gasteiger partial charge in [0.25, 0.3) is 0 Å². The van der Waals surface area contributed by atoms with Crippen LogP contribution in [0.15, 0.2) is 94.7 Å². The van der Waals surface area contributed by atoms with E-state index in [0.717, 1.165) is 76.9 Å². The number of aromatic amines is 2. The Morgan fingerprint density at radius 3 is 1.34 bits per heavy atom. The smallest absolute Gasteiger partial charge is 0.190 e. The largest absolute Gasteiger partial charge is 0.355 e. The van der Waals surface area contributed by atoms with Crippen LogP contribution in [0.5, 0.6) is 0 Å². The number of benzene rings is 2. The quantitative estimate of drug-likeness (QED) is 0.193. The van der Waals surface area contributed by atoms with Gasteiger partial charge in [-0.1, -0.05) is 47.8 Å². The zero-order valence-corrected chi connectivity index (χ0v) is 25.6. The lowest BCUT2D eigenvalue weighted by atomic mass is 10.0. The highest BCUT2D eigenvalue weighted by Crippen LogP contribution is 2.34. The van der Waals surface area contributed by atoms with Gasteiger partial charge in [0.05, 0.1) is 22.8 Å². The summed E-state index contributed by atoms with van der Waals surface area (Å²) in [7, 11) is 0. The molecule has 7 rings (SSSR count). The molecule has 0 radical (unpaired) electrons. The van der Waals surface area contributed by atoms with Gasteiger partial charge < -0.3 is 9.97 Å². The van der Waals surface area contributed by atoms with Gasteiger partial charge in [0, 0.05) is 56.8 Å². The number of carbonyl (C=O) groups is 2. The molecule has 0 fully saturated rings. The zero-order chi connectivity index (χ0) is 30.2. The Morgan fingerprint density at radius 2 is 0.955 bits per heavy atom. The summed E-state index contributed by atoms with van der Waals surface area (Å²) in [6.45, 7) is 3.14. The summed E-state index contributed by atoms with van der Waals surface area (Å²) in [5, 5.41) is 0.112. The van der Waals surface area contributed by atoms with Crippen molar-refractivity contribution < 1.29 is 9.59 Å². The number of thioether (sulfide) groups is 2. The van der Waals surface area contributed by atoms with Gasteiger partial charge in [0.2, 0.25) is 0 Å². The highest BCUT2D eigenvalue weighted by atomic mass is 32.2. The molecule has 0 atom stereocenters. The second-order valence-electron chi connectivity index (χ2n) is 10.4. The average Bonchev–Trinajstić information content (AvgIpc) is 3.81. The number of H-pyrrole nitrogens is 2. The summed E-state index contributed by atoms with van der Waals surface area (Å²) in [6.07, 6.45) is 8.11. The van der Waals surface area contributed by atoms with Crippen LogP contribution >= 0.6 is 23.5 Å². The third-order valence-corrected chi connectivity index (χ3v) is 8.80. The van der Waals surface area contributed by atoms with Crippen molar-refractivity contribution in [2.24, 2.45) is 0 Å². The van der Waals surface area contributed by atoms with E-state index in [1.165, 1.54) is 23.5 Å². The van der Waals surface area contributed by atoms with Crippen LogP contribution in [-0.2, 0) is 9.59 Å². The van der Waals surface area contributed by atoms with Crippen molar-refractivity contribution in [2.45, 2.75) is 23.6 Å². The molecule has 214 valence electrons. The molecule has 2 aliphatic rings. The molecule has 2 N–H and O–H groups in total. The fourth-order valence-electron chi connectivity index (χ4n) is 5.39. The SMILES string of the molecule is CC(=O)Sc1ccc(-c2c3nc(cc4ccc([nH]4)c(-c4ccc(SC(C)=O)cc4)c4nc(cc5ccc2[nH]5)C=C4)C=C3)cc1. The monoisotopic (exact) mass is 610 g/mol. The fourth-order valence-corrected chi connectivity index (χ4v) is 6.60. The van der Waals surface area contributed by atoms with Crippen LogP contribution in [0, 0.1) is 0 Å². The maximum atomic E-state index is 11.6. The molecule has 0 aliphatic carbocycles. The van der Waals surface area contributed by atoms with Crippen LogP contribution in [0.3, 0.4) is 0 Å². The predicted octanol–water partition coefficient (Wildman–Crippen LogP) is 9.27. The van der Waals surface area contributed by atoms with Crippen LogP contribution in [-0.4, -0.2) is 30.2 Å². The van der Waals surface area contributed by atoms with Gasteiger partial charge >= 0.3 is 0 Å². The highest BCUT2D eigenvalue weighted by Gasteiger charge is 2.14. The lowest BCUT2D eigenvalue weighted by molar-refractivity contribution is -0.109. The van der Waals surface area contributed by atoms with Crippen molar-refractivity contribution in [1.82, 2.24) is 19.9 Å². The first kappa shape index (κ1) is 27.9. The minimum atomic E-state index is 0.0562. The van der Waals surface area contributed by atoms with Crippen LogP contribution in [0.4, 0.5) is 0 Å².